The smallest absolute Gasteiger partial charge is 0.254 e. The molecule has 3 rings (SSSR count). The summed E-state index contributed by atoms with van der Waals surface area (Å²) in [6.45, 7) is 5.14. The molecule has 1 aromatic carbocycles. The van der Waals surface area contributed by atoms with E-state index in [1.807, 2.05) is 19.2 Å². The number of aryl methyl sites for hydroxylation is 1. The van der Waals surface area contributed by atoms with Gasteiger partial charge in [-0.05, 0) is 31.4 Å². The van der Waals surface area contributed by atoms with Gasteiger partial charge in [-0.15, -0.1) is 11.3 Å². The van der Waals surface area contributed by atoms with Crippen molar-refractivity contribution in [3.8, 4) is 5.75 Å². The summed E-state index contributed by atoms with van der Waals surface area (Å²) in [4.78, 5) is 15.2. The van der Waals surface area contributed by atoms with E-state index < -0.39 is 11.6 Å². The van der Waals surface area contributed by atoms with Crippen LogP contribution < -0.4 is 4.74 Å². The van der Waals surface area contributed by atoms with E-state index in [1.165, 1.54) is 17.4 Å². The molecular formula is C21H23F2N3O2S. The first-order chi connectivity index (χ1) is 13.9. The number of halogens is 2. The molecule has 0 unspecified atom stereocenters. The molecule has 5 nitrogen and oxygen atoms in total. The molecule has 0 atom stereocenters. The minimum Gasteiger partial charge on any atom is -0.487 e. The van der Waals surface area contributed by atoms with Gasteiger partial charge in [-0.2, -0.15) is 5.10 Å². The third-order valence-corrected chi connectivity index (χ3v) is 5.70. The van der Waals surface area contributed by atoms with Crippen molar-refractivity contribution in [1.29, 1.82) is 0 Å². The lowest BCUT2D eigenvalue weighted by Crippen LogP contribution is -2.30. The van der Waals surface area contributed by atoms with Gasteiger partial charge in [-0.25, -0.2) is 8.78 Å². The fourth-order valence-corrected chi connectivity index (χ4v) is 3.96. The van der Waals surface area contributed by atoms with Crippen LogP contribution in [0.1, 0.15) is 40.3 Å². The fraction of sp³-hybridized carbons (Fsp3) is 0.333. The SMILES string of the molecule is CCN(CC)C(=O)c1ccsc1Cc1c(F)cc(F)cc1OCc1ccnn1C. The second-order valence-electron chi connectivity index (χ2n) is 6.51. The Balaban J connectivity index is 1.89. The second-order valence-corrected chi connectivity index (χ2v) is 7.51. The first kappa shape index (κ1) is 21.0. The van der Waals surface area contributed by atoms with Crippen LogP contribution in [0.3, 0.4) is 0 Å². The van der Waals surface area contributed by atoms with Gasteiger partial charge in [-0.3, -0.25) is 9.48 Å². The van der Waals surface area contributed by atoms with Crippen molar-refractivity contribution >= 4 is 17.2 Å². The van der Waals surface area contributed by atoms with Crippen molar-refractivity contribution in [2.24, 2.45) is 7.05 Å². The summed E-state index contributed by atoms with van der Waals surface area (Å²) in [5.41, 5.74) is 1.54. The van der Waals surface area contributed by atoms with Crippen LogP contribution in [0.5, 0.6) is 5.75 Å². The molecule has 0 bridgehead atoms. The summed E-state index contributed by atoms with van der Waals surface area (Å²) in [6, 6.07) is 5.54. The van der Waals surface area contributed by atoms with Crippen LogP contribution >= 0.6 is 11.3 Å². The lowest BCUT2D eigenvalue weighted by atomic mass is 10.1. The number of carbonyl (C=O) groups excluding carboxylic acids is 1. The van der Waals surface area contributed by atoms with Crippen molar-refractivity contribution in [1.82, 2.24) is 14.7 Å². The Morgan fingerprint density at radius 3 is 2.66 bits per heavy atom. The fourth-order valence-electron chi connectivity index (χ4n) is 3.08. The number of benzene rings is 1. The lowest BCUT2D eigenvalue weighted by Gasteiger charge is -2.19. The summed E-state index contributed by atoms with van der Waals surface area (Å²) in [6.07, 6.45) is 1.77. The highest BCUT2D eigenvalue weighted by molar-refractivity contribution is 7.10. The van der Waals surface area contributed by atoms with E-state index in [0.29, 0.717) is 18.7 Å². The molecule has 0 saturated carbocycles. The quantitative estimate of drug-likeness (QED) is 0.543. The number of aromatic nitrogens is 2. The number of nitrogens with zero attached hydrogens (tertiary/aromatic N) is 3. The number of thiophene rings is 1. The van der Waals surface area contributed by atoms with Crippen LogP contribution in [-0.4, -0.2) is 33.7 Å². The van der Waals surface area contributed by atoms with Gasteiger partial charge in [0.15, 0.2) is 0 Å². The molecule has 0 fully saturated rings. The summed E-state index contributed by atoms with van der Waals surface area (Å²) in [5.74, 6) is -1.37. The number of carbonyl (C=O) groups is 1. The summed E-state index contributed by atoms with van der Waals surface area (Å²) < 4.78 is 35.9. The zero-order valence-corrected chi connectivity index (χ0v) is 17.4. The van der Waals surface area contributed by atoms with E-state index in [-0.39, 0.29) is 30.2 Å². The van der Waals surface area contributed by atoms with Gasteiger partial charge in [0.1, 0.15) is 24.0 Å². The highest BCUT2D eigenvalue weighted by Gasteiger charge is 2.21. The number of amides is 1. The van der Waals surface area contributed by atoms with Gasteiger partial charge in [-0.1, -0.05) is 0 Å². The predicted molar refractivity (Wildman–Crippen MR) is 108 cm³/mol. The first-order valence-electron chi connectivity index (χ1n) is 9.37. The molecule has 0 N–H and O–H groups in total. The van der Waals surface area contributed by atoms with Gasteiger partial charge in [0.2, 0.25) is 0 Å². The Kier molecular flexibility index (Phi) is 6.64. The molecule has 0 aliphatic carbocycles. The summed E-state index contributed by atoms with van der Waals surface area (Å²) in [7, 11) is 1.77. The molecule has 29 heavy (non-hydrogen) atoms. The normalized spacial score (nSPS) is 10.9. The summed E-state index contributed by atoms with van der Waals surface area (Å²) in [5, 5.41) is 5.87. The Labute approximate surface area is 172 Å². The number of hydrogen-bond acceptors (Lipinski definition) is 4. The van der Waals surface area contributed by atoms with Crippen LogP contribution in [0.4, 0.5) is 8.78 Å². The van der Waals surface area contributed by atoms with Crippen molar-refractivity contribution in [3.63, 3.8) is 0 Å². The molecule has 2 aromatic heterocycles. The van der Waals surface area contributed by atoms with Gasteiger partial charge in [0, 0.05) is 55.3 Å². The molecule has 0 saturated heterocycles. The number of rotatable bonds is 8. The molecule has 0 spiro atoms. The van der Waals surface area contributed by atoms with Crippen molar-refractivity contribution in [2.75, 3.05) is 13.1 Å². The molecule has 8 heteroatoms. The summed E-state index contributed by atoms with van der Waals surface area (Å²) >= 11 is 1.37. The minimum atomic E-state index is -0.711. The highest BCUT2D eigenvalue weighted by Crippen LogP contribution is 2.30. The minimum absolute atomic E-state index is 0.0916. The van der Waals surface area contributed by atoms with E-state index in [9.17, 15) is 13.6 Å². The van der Waals surface area contributed by atoms with Crippen molar-refractivity contribution in [3.05, 3.63) is 69.2 Å². The van der Waals surface area contributed by atoms with Gasteiger partial charge >= 0.3 is 0 Å². The van der Waals surface area contributed by atoms with Crippen LogP contribution in [0.25, 0.3) is 0 Å². The maximum absolute atomic E-state index is 14.6. The monoisotopic (exact) mass is 419 g/mol. The molecule has 3 aromatic rings. The molecule has 2 heterocycles. The van der Waals surface area contributed by atoms with Crippen LogP contribution in [0.15, 0.2) is 35.8 Å². The number of hydrogen-bond donors (Lipinski definition) is 0. The van der Waals surface area contributed by atoms with Crippen LogP contribution in [-0.2, 0) is 20.1 Å². The zero-order chi connectivity index (χ0) is 21.0. The average molecular weight is 419 g/mol. The lowest BCUT2D eigenvalue weighted by molar-refractivity contribution is 0.0772. The van der Waals surface area contributed by atoms with E-state index in [1.54, 1.807) is 35.0 Å². The maximum atomic E-state index is 14.6. The highest BCUT2D eigenvalue weighted by atomic mass is 32.1. The molecular weight excluding hydrogens is 396 g/mol. The van der Waals surface area contributed by atoms with E-state index in [4.69, 9.17) is 4.74 Å². The average Bonchev–Trinajstić information content (AvgIpc) is 3.32. The van der Waals surface area contributed by atoms with Gasteiger partial charge in [0.25, 0.3) is 5.91 Å². The molecule has 0 radical (unpaired) electrons. The van der Waals surface area contributed by atoms with Gasteiger partial charge in [0.05, 0.1) is 11.3 Å². The molecule has 0 aliphatic rings. The topological polar surface area (TPSA) is 47.4 Å². The zero-order valence-electron chi connectivity index (χ0n) is 16.6. The number of ether oxygens (including phenoxy) is 1. The standard InChI is InChI=1S/C21H23F2N3O2S/c1-4-26(5-2)21(27)16-7-9-29-20(16)12-17-18(23)10-14(22)11-19(17)28-13-15-6-8-24-25(15)3/h6-11H,4-5,12-13H2,1-3H3. The van der Waals surface area contributed by atoms with Crippen LogP contribution in [0, 0.1) is 11.6 Å². The van der Waals surface area contributed by atoms with E-state index in [0.717, 1.165) is 16.6 Å². The Morgan fingerprint density at radius 1 is 1.24 bits per heavy atom. The van der Waals surface area contributed by atoms with E-state index in [2.05, 4.69) is 5.10 Å². The maximum Gasteiger partial charge on any atom is 0.254 e. The van der Waals surface area contributed by atoms with E-state index >= 15 is 0 Å². The third-order valence-electron chi connectivity index (χ3n) is 4.78. The largest absolute Gasteiger partial charge is 0.487 e. The third kappa shape index (κ3) is 4.64. The van der Waals surface area contributed by atoms with Crippen molar-refractivity contribution in [2.45, 2.75) is 26.9 Å². The molecule has 1 amide bonds. The Hall–Kier alpha value is -2.74. The van der Waals surface area contributed by atoms with Crippen LogP contribution in [0.2, 0.25) is 0 Å². The molecule has 0 aliphatic heterocycles. The first-order valence-corrected chi connectivity index (χ1v) is 10.3. The van der Waals surface area contributed by atoms with Gasteiger partial charge < -0.3 is 9.64 Å². The Morgan fingerprint density at radius 2 is 2.00 bits per heavy atom. The molecule has 154 valence electrons. The Bertz CT molecular complexity index is 996. The second kappa shape index (κ2) is 9.17. The van der Waals surface area contributed by atoms with Crippen molar-refractivity contribution < 1.29 is 18.3 Å². The predicted octanol–water partition coefficient (Wildman–Crippen LogP) is 4.41.